The molecule has 132 valence electrons. The molecular formula is C19H28N2O3. The number of carbonyl (C=O) groups is 2. The summed E-state index contributed by atoms with van der Waals surface area (Å²) in [7, 11) is 0. The molecule has 1 heterocycles. The summed E-state index contributed by atoms with van der Waals surface area (Å²) in [5.41, 5.74) is 1.25. The molecule has 1 fully saturated rings. The lowest BCUT2D eigenvalue weighted by molar-refractivity contribution is -0.149. The molecule has 1 saturated heterocycles. The lowest BCUT2D eigenvalue weighted by atomic mass is 10.1. The number of nitrogens with zero attached hydrogens (tertiary/aromatic N) is 1. The Kier molecular flexibility index (Phi) is 7.25. The maximum Gasteiger partial charge on any atom is 0.248 e. The minimum atomic E-state index is -0.112. The van der Waals surface area contributed by atoms with Crippen molar-refractivity contribution in [2.75, 3.05) is 26.2 Å². The van der Waals surface area contributed by atoms with E-state index in [-0.39, 0.29) is 24.5 Å². The van der Waals surface area contributed by atoms with Crippen LogP contribution in [0.25, 0.3) is 0 Å². The normalized spacial score (nSPS) is 18.0. The number of amides is 2. The minimum Gasteiger partial charge on any atom is -0.365 e. The van der Waals surface area contributed by atoms with Gasteiger partial charge in [-0.1, -0.05) is 44.2 Å². The molecule has 1 aliphatic rings. The molecule has 2 rings (SSSR count). The Balaban J connectivity index is 1.65. The third kappa shape index (κ3) is 6.32. The van der Waals surface area contributed by atoms with E-state index in [2.05, 4.69) is 31.3 Å². The molecule has 1 unspecified atom stereocenters. The van der Waals surface area contributed by atoms with E-state index >= 15 is 0 Å². The first-order valence-corrected chi connectivity index (χ1v) is 8.74. The molecule has 1 aromatic rings. The Morgan fingerprint density at radius 3 is 2.79 bits per heavy atom. The summed E-state index contributed by atoms with van der Waals surface area (Å²) in [5, 5.41) is 2.93. The van der Waals surface area contributed by atoms with Crippen LogP contribution in [-0.2, 0) is 20.7 Å². The van der Waals surface area contributed by atoms with Gasteiger partial charge in [0.1, 0.15) is 6.61 Å². The molecule has 0 spiro atoms. The van der Waals surface area contributed by atoms with Gasteiger partial charge < -0.3 is 15.0 Å². The van der Waals surface area contributed by atoms with Gasteiger partial charge in [-0.2, -0.15) is 0 Å². The summed E-state index contributed by atoms with van der Waals surface area (Å²) in [5.74, 6) is 0.510. The predicted molar refractivity (Wildman–Crippen MR) is 93.5 cm³/mol. The van der Waals surface area contributed by atoms with Gasteiger partial charge in [-0.25, -0.2) is 0 Å². The molecule has 24 heavy (non-hydrogen) atoms. The van der Waals surface area contributed by atoms with Gasteiger partial charge >= 0.3 is 0 Å². The number of morpholine rings is 1. The molecule has 1 aromatic carbocycles. The van der Waals surface area contributed by atoms with Crippen LogP contribution in [0.2, 0.25) is 0 Å². The van der Waals surface area contributed by atoms with Crippen LogP contribution in [-0.4, -0.2) is 49.1 Å². The van der Waals surface area contributed by atoms with Crippen LogP contribution in [0.3, 0.4) is 0 Å². The summed E-state index contributed by atoms with van der Waals surface area (Å²) >= 11 is 0. The van der Waals surface area contributed by atoms with E-state index in [4.69, 9.17) is 4.74 Å². The first-order chi connectivity index (χ1) is 11.5. The number of hydrogen-bond acceptors (Lipinski definition) is 3. The van der Waals surface area contributed by atoms with E-state index in [1.165, 1.54) is 5.56 Å². The van der Waals surface area contributed by atoms with Crippen molar-refractivity contribution in [2.24, 2.45) is 5.92 Å². The number of benzene rings is 1. The van der Waals surface area contributed by atoms with Crippen molar-refractivity contribution in [3.63, 3.8) is 0 Å². The number of hydrogen-bond donors (Lipinski definition) is 1. The van der Waals surface area contributed by atoms with Gasteiger partial charge in [0.05, 0.1) is 6.10 Å². The standard InChI is InChI=1S/C19H28N2O3/c1-15(2)12-21-13-17(24-14-19(21)23)11-20-18(22)10-6-9-16-7-4-3-5-8-16/h3-5,7-8,15,17H,6,9-14H2,1-2H3,(H,20,22). The summed E-state index contributed by atoms with van der Waals surface area (Å²) in [6, 6.07) is 10.2. The molecule has 2 amide bonds. The zero-order chi connectivity index (χ0) is 17.4. The minimum absolute atomic E-state index is 0.0362. The SMILES string of the molecule is CC(C)CN1CC(CNC(=O)CCCc2ccccc2)OCC1=O. The summed E-state index contributed by atoms with van der Waals surface area (Å²) in [6.45, 7) is 6.05. The van der Waals surface area contributed by atoms with Crippen LogP contribution < -0.4 is 5.32 Å². The Bertz CT molecular complexity index is 531. The molecule has 0 aliphatic carbocycles. The molecule has 0 radical (unpaired) electrons. The summed E-state index contributed by atoms with van der Waals surface area (Å²) in [4.78, 5) is 25.6. The molecule has 1 N–H and O–H groups in total. The average molecular weight is 332 g/mol. The lowest BCUT2D eigenvalue weighted by Gasteiger charge is -2.33. The Labute approximate surface area is 144 Å². The highest BCUT2D eigenvalue weighted by Crippen LogP contribution is 2.09. The van der Waals surface area contributed by atoms with E-state index in [1.54, 1.807) is 0 Å². The second-order valence-electron chi connectivity index (χ2n) is 6.77. The van der Waals surface area contributed by atoms with Gasteiger partial charge in [0.15, 0.2) is 0 Å². The quantitative estimate of drug-likeness (QED) is 0.792. The van der Waals surface area contributed by atoms with Crippen LogP contribution in [0.5, 0.6) is 0 Å². The molecular weight excluding hydrogens is 304 g/mol. The number of aryl methyl sites for hydroxylation is 1. The van der Waals surface area contributed by atoms with Crippen molar-refractivity contribution in [2.45, 2.75) is 39.2 Å². The highest BCUT2D eigenvalue weighted by atomic mass is 16.5. The van der Waals surface area contributed by atoms with Crippen LogP contribution in [0.15, 0.2) is 30.3 Å². The first kappa shape index (κ1) is 18.5. The largest absolute Gasteiger partial charge is 0.365 e. The van der Waals surface area contributed by atoms with Gasteiger partial charge in [0, 0.05) is 26.1 Å². The van der Waals surface area contributed by atoms with Gasteiger partial charge in [-0.15, -0.1) is 0 Å². The fraction of sp³-hybridized carbons (Fsp3) is 0.579. The van der Waals surface area contributed by atoms with Gasteiger partial charge in [0.2, 0.25) is 11.8 Å². The Morgan fingerprint density at radius 1 is 1.33 bits per heavy atom. The van der Waals surface area contributed by atoms with Crippen LogP contribution in [0, 0.1) is 5.92 Å². The molecule has 1 atom stereocenters. The van der Waals surface area contributed by atoms with Gasteiger partial charge in [-0.3, -0.25) is 9.59 Å². The van der Waals surface area contributed by atoms with Crippen molar-refractivity contribution >= 4 is 11.8 Å². The maximum absolute atomic E-state index is 12.0. The fourth-order valence-electron chi connectivity index (χ4n) is 2.84. The predicted octanol–water partition coefficient (Wildman–Crippen LogP) is 2.01. The summed E-state index contributed by atoms with van der Waals surface area (Å²) in [6.07, 6.45) is 2.14. The smallest absolute Gasteiger partial charge is 0.248 e. The van der Waals surface area contributed by atoms with Crippen molar-refractivity contribution in [1.29, 1.82) is 0 Å². The molecule has 5 nitrogen and oxygen atoms in total. The second kappa shape index (κ2) is 9.42. The van der Waals surface area contributed by atoms with Crippen molar-refractivity contribution in [3.05, 3.63) is 35.9 Å². The van der Waals surface area contributed by atoms with Crippen LogP contribution in [0.4, 0.5) is 0 Å². The average Bonchev–Trinajstić information content (AvgIpc) is 2.56. The van der Waals surface area contributed by atoms with E-state index in [1.807, 2.05) is 23.1 Å². The highest BCUT2D eigenvalue weighted by molar-refractivity contribution is 5.78. The van der Waals surface area contributed by atoms with E-state index in [9.17, 15) is 9.59 Å². The molecule has 0 aromatic heterocycles. The van der Waals surface area contributed by atoms with E-state index in [0.29, 0.717) is 25.4 Å². The third-order valence-corrected chi connectivity index (χ3v) is 4.04. The first-order valence-electron chi connectivity index (χ1n) is 8.74. The highest BCUT2D eigenvalue weighted by Gasteiger charge is 2.26. The fourth-order valence-corrected chi connectivity index (χ4v) is 2.84. The van der Waals surface area contributed by atoms with E-state index < -0.39 is 0 Å². The number of carbonyl (C=O) groups excluding carboxylic acids is 2. The number of rotatable bonds is 8. The van der Waals surface area contributed by atoms with Crippen LogP contribution in [0.1, 0.15) is 32.3 Å². The van der Waals surface area contributed by atoms with Crippen molar-refractivity contribution < 1.29 is 14.3 Å². The zero-order valence-electron chi connectivity index (χ0n) is 14.7. The maximum atomic E-state index is 12.0. The topological polar surface area (TPSA) is 58.6 Å². The van der Waals surface area contributed by atoms with Gasteiger partial charge in [-0.05, 0) is 24.3 Å². The van der Waals surface area contributed by atoms with Crippen LogP contribution >= 0.6 is 0 Å². The van der Waals surface area contributed by atoms with Gasteiger partial charge in [0.25, 0.3) is 0 Å². The molecule has 5 heteroatoms. The van der Waals surface area contributed by atoms with Crippen molar-refractivity contribution in [1.82, 2.24) is 10.2 Å². The molecule has 0 saturated carbocycles. The number of nitrogens with one attached hydrogen (secondary N) is 1. The molecule has 1 aliphatic heterocycles. The zero-order valence-corrected chi connectivity index (χ0v) is 14.7. The number of ether oxygens (including phenoxy) is 1. The summed E-state index contributed by atoms with van der Waals surface area (Å²) < 4.78 is 5.52. The Morgan fingerprint density at radius 2 is 2.08 bits per heavy atom. The third-order valence-electron chi connectivity index (χ3n) is 4.04. The monoisotopic (exact) mass is 332 g/mol. The Hall–Kier alpha value is -1.88. The second-order valence-corrected chi connectivity index (χ2v) is 6.77. The van der Waals surface area contributed by atoms with E-state index in [0.717, 1.165) is 19.4 Å². The van der Waals surface area contributed by atoms with Crippen molar-refractivity contribution in [3.8, 4) is 0 Å². The lowest BCUT2D eigenvalue weighted by Crippen LogP contribution is -2.51. The molecule has 0 bridgehead atoms.